The zero-order chi connectivity index (χ0) is 32.6. The number of β-amino-alcohol motifs (C(OH)–C–C–N with tert-alkyl or cyclic N) is 1. The fraction of sp³-hybridized carbons (Fsp3) is 0.345. The molecule has 2 heterocycles. The molecule has 13 nitrogen and oxygen atoms in total. The zero-order valence-electron chi connectivity index (χ0n) is 24.5. The van der Waals surface area contributed by atoms with Crippen LogP contribution in [0.1, 0.15) is 39.9 Å². The molecule has 44 heavy (non-hydrogen) atoms. The molecule has 3 aromatic rings. The first-order chi connectivity index (χ1) is 20.8. The number of benzene rings is 2. The molecule has 1 aliphatic rings. The SMILES string of the molecule is COc1ccc(-c2cnc(C(=O)Nc3ccc(C(=O)NCCNC(=O)[C@H]4C[C@@](C)(O)CN4)c(C)c3)n2C)c(F)c1F.O=CO. The Morgan fingerprint density at radius 3 is 2.45 bits per heavy atom. The predicted octanol–water partition coefficient (Wildman–Crippen LogP) is 1.59. The van der Waals surface area contributed by atoms with Crippen molar-refractivity contribution in [3.05, 3.63) is 65.1 Å². The van der Waals surface area contributed by atoms with Crippen molar-refractivity contribution < 1.29 is 42.9 Å². The molecule has 2 aromatic carbocycles. The van der Waals surface area contributed by atoms with Gasteiger partial charge in [0.2, 0.25) is 11.7 Å². The van der Waals surface area contributed by atoms with Crippen LogP contribution >= 0.6 is 0 Å². The van der Waals surface area contributed by atoms with E-state index in [1.165, 1.54) is 37.1 Å². The topological polar surface area (TPSA) is 184 Å². The van der Waals surface area contributed by atoms with E-state index < -0.39 is 29.2 Å². The van der Waals surface area contributed by atoms with Crippen LogP contribution in [0.25, 0.3) is 11.3 Å². The van der Waals surface area contributed by atoms with Crippen LogP contribution in [-0.4, -0.2) is 82.3 Å². The molecule has 1 aliphatic heterocycles. The highest BCUT2D eigenvalue weighted by Crippen LogP contribution is 2.30. The van der Waals surface area contributed by atoms with Crippen LogP contribution in [0.3, 0.4) is 0 Å². The second kappa shape index (κ2) is 14.5. The number of amides is 3. The second-order valence-electron chi connectivity index (χ2n) is 10.2. The summed E-state index contributed by atoms with van der Waals surface area (Å²) < 4.78 is 34.9. The van der Waals surface area contributed by atoms with Gasteiger partial charge in [0.15, 0.2) is 17.4 Å². The number of carbonyl (C=O) groups is 4. The number of nitrogens with zero attached hydrogens (tertiary/aromatic N) is 2. The summed E-state index contributed by atoms with van der Waals surface area (Å²) in [5.74, 6) is -3.70. The third kappa shape index (κ3) is 7.93. The molecular weight excluding hydrogens is 582 g/mol. The summed E-state index contributed by atoms with van der Waals surface area (Å²) in [7, 11) is 2.74. The first-order valence-corrected chi connectivity index (χ1v) is 13.4. The van der Waals surface area contributed by atoms with Gasteiger partial charge in [0.05, 0.1) is 30.6 Å². The number of halogens is 2. The van der Waals surface area contributed by atoms with E-state index >= 15 is 0 Å². The van der Waals surface area contributed by atoms with E-state index in [4.69, 9.17) is 14.6 Å². The van der Waals surface area contributed by atoms with Gasteiger partial charge in [-0.05, 0) is 49.7 Å². The molecule has 236 valence electrons. The Kier molecular flexibility index (Phi) is 11.1. The van der Waals surface area contributed by atoms with Gasteiger partial charge in [0, 0.05) is 49.9 Å². The number of nitrogens with one attached hydrogen (secondary N) is 4. The number of carbonyl (C=O) groups excluding carboxylic acids is 3. The number of hydrogen-bond donors (Lipinski definition) is 6. The summed E-state index contributed by atoms with van der Waals surface area (Å²) >= 11 is 0. The lowest BCUT2D eigenvalue weighted by Gasteiger charge is -2.15. The largest absolute Gasteiger partial charge is 0.494 e. The quantitative estimate of drug-likeness (QED) is 0.154. The van der Waals surface area contributed by atoms with Crippen LogP contribution in [0.5, 0.6) is 5.75 Å². The summed E-state index contributed by atoms with van der Waals surface area (Å²) in [6.07, 6.45) is 1.59. The molecule has 2 atom stereocenters. The summed E-state index contributed by atoms with van der Waals surface area (Å²) in [5.41, 5.74) is 0.586. The molecule has 0 unspecified atom stereocenters. The number of anilines is 1. The lowest BCUT2D eigenvalue weighted by atomic mass is 10.0. The maximum absolute atomic E-state index is 14.6. The molecule has 1 fully saturated rings. The van der Waals surface area contributed by atoms with E-state index in [1.807, 2.05) is 0 Å². The third-order valence-electron chi connectivity index (χ3n) is 6.86. The minimum atomic E-state index is -1.14. The Labute approximate surface area is 251 Å². The molecule has 15 heteroatoms. The molecule has 0 bridgehead atoms. The fourth-order valence-electron chi connectivity index (χ4n) is 4.63. The Morgan fingerprint density at radius 1 is 1.16 bits per heavy atom. The molecular formula is C29H34F2N6O7. The predicted molar refractivity (Wildman–Crippen MR) is 155 cm³/mol. The Morgan fingerprint density at radius 2 is 1.84 bits per heavy atom. The molecule has 0 spiro atoms. The molecule has 0 radical (unpaired) electrons. The average Bonchev–Trinajstić information content (AvgIpc) is 3.54. The van der Waals surface area contributed by atoms with Crippen LogP contribution < -0.4 is 26.0 Å². The van der Waals surface area contributed by atoms with Crippen LogP contribution in [0.2, 0.25) is 0 Å². The van der Waals surface area contributed by atoms with Crippen molar-refractivity contribution in [2.45, 2.75) is 31.9 Å². The van der Waals surface area contributed by atoms with E-state index in [1.54, 1.807) is 32.0 Å². The summed E-state index contributed by atoms with van der Waals surface area (Å²) in [6.45, 7) is 3.88. The van der Waals surface area contributed by atoms with Crippen LogP contribution in [0.15, 0.2) is 36.5 Å². The van der Waals surface area contributed by atoms with Gasteiger partial charge in [-0.15, -0.1) is 0 Å². The third-order valence-corrected chi connectivity index (χ3v) is 6.86. The van der Waals surface area contributed by atoms with E-state index in [0.29, 0.717) is 29.8 Å². The van der Waals surface area contributed by atoms with Gasteiger partial charge in [-0.25, -0.2) is 9.37 Å². The Hall–Kier alpha value is -4.89. The first kappa shape index (κ1) is 33.6. The van der Waals surface area contributed by atoms with Crippen molar-refractivity contribution in [3.8, 4) is 17.0 Å². The van der Waals surface area contributed by atoms with Gasteiger partial charge >= 0.3 is 0 Å². The number of rotatable bonds is 9. The van der Waals surface area contributed by atoms with Crippen molar-refractivity contribution in [3.63, 3.8) is 0 Å². The average molecular weight is 617 g/mol. The van der Waals surface area contributed by atoms with Gasteiger partial charge in [0.25, 0.3) is 18.3 Å². The number of methoxy groups -OCH3 is 1. The maximum Gasteiger partial charge on any atom is 0.291 e. The minimum absolute atomic E-state index is 0.0337. The highest BCUT2D eigenvalue weighted by atomic mass is 19.2. The van der Waals surface area contributed by atoms with E-state index in [-0.39, 0.29) is 54.2 Å². The second-order valence-corrected chi connectivity index (χ2v) is 10.2. The molecule has 0 aliphatic carbocycles. The van der Waals surface area contributed by atoms with Crippen molar-refractivity contribution >= 4 is 29.9 Å². The summed E-state index contributed by atoms with van der Waals surface area (Å²) in [5, 5.41) is 28.0. The molecule has 1 saturated heterocycles. The van der Waals surface area contributed by atoms with Crippen molar-refractivity contribution in [1.29, 1.82) is 0 Å². The lowest BCUT2D eigenvalue weighted by molar-refractivity contribution is -0.123. The van der Waals surface area contributed by atoms with E-state index in [0.717, 1.165) is 0 Å². The van der Waals surface area contributed by atoms with Crippen molar-refractivity contribution in [2.24, 2.45) is 7.05 Å². The van der Waals surface area contributed by atoms with Gasteiger partial charge in [0.1, 0.15) is 0 Å². The van der Waals surface area contributed by atoms with Crippen molar-refractivity contribution in [2.75, 3.05) is 32.1 Å². The van der Waals surface area contributed by atoms with Gasteiger partial charge in [-0.2, -0.15) is 4.39 Å². The number of carboxylic acid groups (broad SMARTS) is 1. The Bertz CT molecular complexity index is 1540. The number of aryl methyl sites for hydroxylation is 1. The lowest BCUT2D eigenvalue weighted by Crippen LogP contribution is -2.43. The Balaban J connectivity index is 0.00000169. The highest BCUT2D eigenvalue weighted by molar-refractivity contribution is 6.03. The van der Waals surface area contributed by atoms with Gasteiger partial charge < -0.3 is 40.8 Å². The van der Waals surface area contributed by atoms with Crippen LogP contribution in [0.4, 0.5) is 14.5 Å². The number of aliphatic hydroxyl groups is 1. The highest BCUT2D eigenvalue weighted by Gasteiger charge is 2.36. The van der Waals surface area contributed by atoms with Crippen LogP contribution in [-0.2, 0) is 16.6 Å². The van der Waals surface area contributed by atoms with Crippen molar-refractivity contribution in [1.82, 2.24) is 25.5 Å². The minimum Gasteiger partial charge on any atom is -0.494 e. The summed E-state index contributed by atoms with van der Waals surface area (Å²) in [6, 6.07) is 6.89. The van der Waals surface area contributed by atoms with Gasteiger partial charge in [-0.1, -0.05) is 0 Å². The van der Waals surface area contributed by atoms with E-state index in [9.17, 15) is 28.3 Å². The molecule has 0 saturated carbocycles. The molecule has 3 amide bonds. The normalized spacial score (nSPS) is 17.2. The number of ether oxygens (including phenoxy) is 1. The number of hydrogen-bond acceptors (Lipinski definition) is 8. The maximum atomic E-state index is 14.6. The van der Waals surface area contributed by atoms with E-state index in [2.05, 4.69) is 26.3 Å². The molecule has 6 N–H and O–H groups in total. The zero-order valence-corrected chi connectivity index (χ0v) is 24.5. The van der Waals surface area contributed by atoms with Crippen LogP contribution in [0, 0.1) is 18.6 Å². The molecule has 4 rings (SSSR count). The summed E-state index contributed by atoms with van der Waals surface area (Å²) in [4.78, 5) is 50.2. The first-order valence-electron chi connectivity index (χ1n) is 13.4. The fourth-order valence-corrected chi connectivity index (χ4v) is 4.63. The smallest absolute Gasteiger partial charge is 0.291 e. The van der Waals surface area contributed by atoms with Gasteiger partial charge in [-0.3, -0.25) is 19.2 Å². The monoisotopic (exact) mass is 616 g/mol. The number of imidazole rings is 1. The standard InChI is InChI=1S/C28H32F2N6O5.CH2O2/c1-15-11-16(5-6-17(15)25(37)31-9-10-32-26(38)19-12-28(2,40)14-34-19)35-27(39)24-33-13-20(36(24)3)18-7-8-21(41-4)23(30)22(18)29;2-1-3/h5-8,11,13,19,34,40H,9-10,12,14H2,1-4H3,(H,31,37)(H,32,38)(H,35,39);1H,(H,2,3)/t19-,28-;/m1./s1. The number of aromatic nitrogens is 2. The molecule has 1 aromatic heterocycles.